The summed E-state index contributed by atoms with van der Waals surface area (Å²) in [7, 11) is 0. The lowest BCUT2D eigenvalue weighted by atomic mass is 9.85. The van der Waals surface area contributed by atoms with E-state index in [1.165, 1.54) is 0 Å². The van der Waals surface area contributed by atoms with Crippen LogP contribution in [-0.2, 0) is 14.4 Å². The molecule has 0 aliphatic heterocycles. The molecule has 0 saturated heterocycles. The van der Waals surface area contributed by atoms with Crippen molar-refractivity contribution in [1.82, 2.24) is 0 Å². The molecule has 9 nitrogen and oxygen atoms in total. The summed E-state index contributed by atoms with van der Waals surface area (Å²) in [5.41, 5.74) is -2.05. The molecular weight excluding hydrogens is 250 g/mol. The first-order valence-electron chi connectivity index (χ1n) is 4.99. The van der Waals surface area contributed by atoms with E-state index in [1.807, 2.05) is 0 Å². The highest BCUT2D eigenvalue weighted by Gasteiger charge is 2.45. The molecular formula is C9H13NO8. The van der Waals surface area contributed by atoms with E-state index in [0.717, 1.165) is 0 Å². The Bertz CT molecular complexity index is 346. The maximum Gasteiger partial charge on any atom is 0.310 e. The second-order valence-corrected chi connectivity index (χ2v) is 3.84. The highest BCUT2D eigenvalue weighted by Crippen LogP contribution is 2.27. The van der Waals surface area contributed by atoms with E-state index in [9.17, 15) is 24.5 Å². The van der Waals surface area contributed by atoms with Gasteiger partial charge in [-0.1, -0.05) is 0 Å². The topological polar surface area (TPSA) is 155 Å². The number of rotatable bonds is 9. The SMILES string of the molecule is O=C(O)CCC(CCC(=O)O)(CC(=O)O)[N+](=O)[O-]. The number of carboxylic acids is 3. The lowest BCUT2D eigenvalue weighted by molar-refractivity contribution is -0.571. The molecule has 0 spiro atoms. The lowest BCUT2D eigenvalue weighted by Crippen LogP contribution is -2.41. The summed E-state index contributed by atoms with van der Waals surface area (Å²) in [5.74, 6) is -4.08. The molecule has 0 aromatic carbocycles. The summed E-state index contributed by atoms with van der Waals surface area (Å²) in [6, 6.07) is 0. The molecule has 0 amide bonds. The molecule has 0 fully saturated rings. The largest absolute Gasteiger partial charge is 0.481 e. The molecule has 0 heterocycles. The molecule has 9 heteroatoms. The first kappa shape index (κ1) is 15.8. The fraction of sp³-hybridized carbons (Fsp3) is 0.667. The Labute approximate surface area is 101 Å². The number of aliphatic carboxylic acids is 3. The van der Waals surface area contributed by atoms with Crippen LogP contribution >= 0.6 is 0 Å². The first-order valence-corrected chi connectivity index (χ1v) is 4.99. The average molecular weight is 263 g/mol. The van der Waals surface area contributed by atoms with Crippen molar-refractivity contribution in [1.29, 1.82) is 0 Å². The Hall–Kier alpha value is -2.19. The monoisotopic (exact) mass is 263 g/mol. The van der Waals surface area contributed by atoms with Crippen LogP contribution < -0.4 is 0 Å². The van der Waals surface area contributed by atoms with Gasteiger partial charge in [0.1, 0.15) is 6.42 Å². The van der Waals surface area contributed by atoms with Crippen molar-refractivity contribution in [3.05, 3.63) is 10.1 Å². The molecule has 18 heavy (non-hydrogen) atoms. The van der Waals surface area contributed by atoms with E-state index in [2.05, 4.69) is 0 Å². The van der Waals surface area contributed by atoms with Crippen LogP contribution in [0.4, 0.5) is 0 Å². The average Bonchev–Trinajstić information content (AvgIpc) is 2.21. The summed E-state index contributed by atoms with van der Waals surface area (Å²) in [4.78, 5) is 41.5. The number of carboxylic acid groups (broad SMARTS) is 3. The molecule has 0 atom stereocenters. The molecule has 0 aromatic heterocycles. The number of hydrogen-bond donors (Lipinski definition) is 3. The van der Waals surface area contributed by atoms with Crippen LogP contribution in [0.5, 0.6) is 0 Å². The van der Waals surface area contributed by atoms with Gasteiger partial charge in [-0.05, 0) is 0 Å². The quantitative estimate of drug-likeness (QED) is 0.393. The summed E-state index contributed by atoms with van der Waals surface area (Å²) in [6.07, 6.45) is -3.12. The second kappa shape index (κ2) is 6.52. The lowest BCUT2D eigenvalue weighted by Gasteiger charge is -2.22. The van der Waals surface area contributed by atoms with Crippen molar-refractivity contribution in [3.8, 4) is 0 Å². The zero-order valence-electron chi connectivity index (χ0n) is 9.37. The van der Waals surface area contributed by atoms with Gasteiger partial charge in [-0.2, -0.15) is 0 Å². The summed E-state index contributed by atoms with van der Waals surface area (Å²) in [6.45, 7) is 0. The van der Waals surface area contributed by atoms with Crippen LogP contribution in [0.1, 0.15) is 32.1 Å². The Balaban J connectivity index is 5.00. The molecule has 0 saturated carbocycles. The number of nitrogens with zero attached hydrogens (tertiary/aromatic N) is 1. The van der Waals surface area contributed by atoms with Gasteiger partial charge in [0.25, 0.3) is 0 Å². The van der Waals surface area contributed by atoms with Crippen molar-refractivity contribution in [2.75, 3.05) is 0 Å². The summed E-state index contributed by atoms with van der Waals surface area (Å²) >= 11 is 0. The van der Waals surface area contributed by atoms with Crippen LogP contribution in [0, 0.1) is 10.1 Å². The van der Waals surface area contributed by atoms with Crippen LogP contribution in [0.25, 0.3) is 0 Å². The predicted octanol–water partition coefficient (Wildman–Crippen LogP) is 0.206. The van der Waals surface area contributed by atoms with Gasteiger partial charge in [0, 0.05) is 17.8 Å². The molecule has 0 aromatic rings. The highest BCUT2D eigenvalue weighted by atomic mass is 16.6. The van der Waals surface area contributed by atoms with Crippen molar-refractivity contribution in [2.45, 2.75) is 37.6 Å². The van der Waals surface area contributed by atoms with Crippen molar-refractivity contribution in [3.63, 3.8) is 0 Å². The highest BCUT2D eigenvalue weighted by molar-refractivity contribution is 5.70. The van der Waals surface area contributed by atoms with E-state index in [4.69, 9.17) is 15.3 Å². The Morgan fingerprint density at radius 2 is 1.33 bits per heavy atom. The third-order valence-corrected chi connectivity index (χ3v) is 2.48. The zero-order chi connectivity index (χ0) is 14.3. The van der Waals surface area contributed by atoms with Crippen LogP contribution in [0.2, 0.25) is 0 Å². The second-order valence-electron chi connectivity index (χ2n) is 3.84. The minimum Gasteiger partial charge on any atom is -0.481 e. The van der Waals surface area contributed by atoms with E-state index >= 15 is 0 Å². The Morgan fingerprint density at radius 1 is 0.944 bits per heavy atom. The van der Waals surface area contributed by atoms with Crippen LogP contribution in [0.15, 0.2) is 0 Å². The van der Waals surface area contributed by atoms with Gasteiger partial charge < -0.3 is 15.3 Å². The minimum absolute atomic E-state index is 0.519. The fourth-order valence-electron chi connectivity index (χ4n) is 1.51. The van der Waals surface area contributed by atoms with Gasteiger partial charge in [0.15, 0.2) is 0 Å². The van der Waals surface area contributed by atoms with Gasteiger partial charge in [-0.3, -0.25) is 24.5 Å². The van der Waals surface area contributed by atoms with E-state index in [-0.39, 0.29) is 0 Å². The van der Waals surface area contributed by atoms with Crippen molar-refractivity contribution >= 4 is 17.9 Å². The number of hydrogen-bond acceptors (Lipinski definition) is 5. The van der Waals surface area contributed by atoms with E-state index < -0.39 is 60.5 Å². The summed E-state index contributed by atoms with van der Waals surface area (Å²) < 4.78 is 0. The maximum atomic E-state index is 10.9. The predicted molar refractivity (Wildman–Crippen MR) is 55.7 cm³/mol. The molecule has 0 rings (SSSR count). The van der Waals surface area contributed by atoms with Gasteiger partial charge in [0.05, 0.1) is 12.8 Å². The Kier molecular flexibility index (Phi) is 5.73. The number of nitro groups is 1. The minimum atomic E-state index is -2.05. The zero-order valence-corrected chi connectivity index (χ0v) is 9.37. The van der Waals surface area contributed by atoms with Crippen molar-refractivity contribution < 1.29 is 34.6 Å². The Morgan fingerprint density at radius 3 is 1.56 bits per heavy atom. The van der Waals surface area contributed by atoms with Gasteiger partial charge in [-0.25, -0.2) is 0 Å². The molecule has 0 bridgehead atoms. The normalized spacial score (nSPS) is 10.9. The van der Waals surface area contributed by atoms with Gasteiger partial charge >= 0.3 is 17.9 Å². The molecule has 0 aliphatic carbocycles. The third kappa shape index (κ3) is 5.23. The van der Waals surface area contributed by atoms with E-state index in [0.29, 0.717) is 0 Å². The van der Waals surface area contributed by atoms with Gasteiger partial charge in [-0.15, -0.1) is 0 Å². The van der Waals surface area contributed by atoms with E-state index in [1.54, 1.807) is 0 Å². The smallest absolute Gasteiger partial charge is 0.310 e. The van der Waals surface area contributed by atoms with Crippen molar-refractivity contribution in [2.24, 2.45) is 0 Å². The molecule has 102 valence electrons. The molecule has 0 aliphatic rings. The summed E-state index contributed by atoms with van der Waals surface area (Å²) in [5, 5.41) is 36.5. The molecule has 0 unspecified atom stereocenters. The standard InChI is InChI=1S/C9H13NO8/c11-6(12)1-3-9(10(17)18,5-8(15)16)4-2-7(13)14/h1-5H2,(H,11,12)(H,13,14)(H,15,16). The molecule has 3 N–H and O–H groups in total. The molecule has 0 radical (unpaired) electrons. The third-order valence-electron chi connectivity index (χ3n) is 2.48. The van der Waals surface area contributed by atoms with Gasteiger partial charge in [0.2, 0.25) is 5.54 Å². The number of carbonyl (C=O) groups is 3. The first-order chi connectivity index (χ1) is 8.19. The van der Waals surface area contributed by atoms with Crippen LogP contribution in [-0.4, -0.2) is 43.7 Å². The fourth-order valence-corrected chi connectivity index (χ4v) is 1.51. The maximum absolute atomic E-state index is 10.9. The van der Waals surface area contributed by atoms with Crippen LogP contribution in [0.3, 0.4) is 0 Å².